The molecule has 29 heavy (non-hydrogen) atoms. The van der Waals surface area contributed by atoms with Crippen LogP contribution < -0.4 is 11.2 Å². The van der Waals surface area contributed by atoms with E-state index in [0.717, 1.165) is 17.4 Å². The van der Waals surface area contributed by atoms with Crippen LogP contribution in [0.1, 0.15) is 24.6 Å². The number of ether oxygens (including phenoxy) is 1. The molecule has 1 fully saturated rings. The van der Waals surface area contributed by atoms with E-state index in [9.17, 15) is 19.2 Å². The number of imidazole rings is 1. The monoisotopic (exact) mass is 406 g/mol. The number of aromatic nitrogens is 4. The lowest BCUT2D eigenvalue weighted by atomic mass is 9.97. The number of hydrogen-bond donors (Lipinski definition) is 1. The summed E-state index contributed by atoms with van der Waals surface area (Å²) in [6.45, 7) is 0.719. The van der Waals surface area contributed by atoms with Crippen molar-refractivity contribution in [2.75, 3.05) is 40.4 Å². The van der Waals surface area contributed by atoms with Gasteiger partial charge in [0.25, 0.3) is 5.56 Å². The zero-order valence-electron chi connectivity index (χ0n) is 17.1. The highest BCUT2D eigenvalue weighted by Crippen LogP contribution is 2.26. The first kappa shape index (κ1) is 20.8. The van der Waals surface area contributed by atoms with Crippen molar-refractivity contribution in [3.8, 4) is 0 Å². The molecule has 0 radical (unpaired) electrons. The van der Waals surface area contributed by atoms with Gasteiger partial charge in [-0.3, -0.25) is 23.5 Å². The average Bonchev–Trinajstić information content (AvgIpc) is 3.16. The van der Waals surface area contributed by atoms with Gasteiger partial charge in [-0.2, -0.15) is 0 Å². The van der Waals surface area contributed by atoms with E-state index in [2.05, 4.69) is 9.97 Å². The van der Waals surface area contributed by atoms with Crippen molar-refractivity contribution in [1.29, 1.82) is 0 Å². The first-order chi connectivity index (χ1) is 13.7. The van der Waals surface area contributed by atoms with E-state index in [1.165, 1.54) is 16.5 Å². The van der Waals surface area contributed by atoms with E-state index in [4.69, 9.17) is 4.74 Å². The maximum Gasteiger partial charge on any atom is 0.332 e. The number of likely N-dealkylation sites (N-methyl/N-ethyl adjacent to an activating group) is 1. The van der Waals surface area contributed by atoms with Crippen LogP contribution in [0.4, 0.5) is 0 Å². The predicted molar refractivity (Wildman–Crippen MR) is 105 cm³/mol. The molecule has 0 bridgehead atoms. The smallest absolute Gasteiger partial charge is 0.332 e. The SMILES string of the molecule is CN(C)C(=O)COCC(=O)N1CCCC(c2nc3c([nH]2)c(=O)n(C)c(=O)n3C)C1. The lowest BCUT2D eigenvalue weighted by Crippen LogP contribution is -2.41. The summed E-state index contributed by atoms with van der Waals surface area (Å²) in [5, 5.41) is 0. The standard InChI is InChI=1S/C18H26N6O5/c1-21(2)12(25)9-29-10-13(26)24-7-5-6-11(8-24)15-19-14-16(20-15)22(3)18(28)23(4)17(14)27/h11H,5-10H2,1-4H3,(H,19,20). The summed E-state index contributed by atoms with van der Waals surface area (Å²) in [6, 6.07) is 0. The minimum absolute atomic E-state index is 0.0803. The summed E-state index contributed by atoms with van der Waals surface area (Å²) >= 11 is 0. The van der Waals surface area contributed by atoms with Crippen molar-refractivity contribution >= 4 is 23.0 Å². The molecule has 1 saturated heterocycles. The summed E-state index contributed by atoms with van der Waals surface area (Å²) in [6.07, 6.45) is 1.58. The average molecular weight is 406 g/mol. The third-order valence-electron chi connectivity index (χ3n) is 5.22. The molecule has 1 aliphatic rings. The van der Waals surface area contributed by atoms with Crippen LogP contribution in [0.25, 0.3) is 11.2 Å². The third kappa shape index (κ3) is 4.09. The van der Waals surface area contributed by atoms with Gasteiger partial charge in [0, 0.05) is 47.2 Å². The summed E-state index contributed by atoms with van der Waals surface area (Å²) in [5.41, 5.74) is -0.282. The minimum atomic E-state index is -0.439. The van der Waals surface area contributed by atoms with Crippen LogP contribution in [0, 0.1) is 0 Å². The molecule has 3 heterocycles. The van der Waals surface area contributed by atoms with Gasteiger partial charge in [0.15, 0.2) is 5.65 Å². The highest BCUT2D eigenvalue weighted by Gasteiger charge is 2.28. The Morgan fingerprint density at radius 2 is 1.93 bits per heavy atom. The molecule has 2 amide bonds. The number of hydrogen-bond acceptors (Lipinski definition) is 6. The molecule has 1 aliphatic heterocycles. The number of piperidine rings is 1. The molecule has 11 heteroatoms. The molecule has 0 aliphatic carbocycles. The summed E-state index contributed by atoms with van der Waals surface area (Å²) in [7, 11) is 6.24. The summed E-state index contributed by atoms with van der Waals surface area (Å²) in [5.74, 6) is 0.104. The molecule has 3 rings (SSSR count). The van der Waals surface area contributed by atoms with Crippen LogP contribution in [0.5, 0.6) is 0 Å². The molecule has 158 valence electrons. The van der Waals surface area contributed by atoms with Crippen LogP contribution >= 0.6 is 0 Å². The fourth-order valence-corrected chi connectivity index (χ4v) is 3.41. The van der Waals surface area contributed by atoms with Gasteiger partial charge in [-0.25, -0.2) is 9.78 Å². The Kier molecular flexibility index (Phi) is 5.87. The minimum Gasteiger partial charge on any atom is -0.362 e. The Morgan fingerprint density at radius 1 is 1.21 bits per heavy atom. The zero-order valence-corrected chi connectivity index (χ0v) is 17.1. The number of amides is 2. The molecule has 1 atom stereocenters. The molecule has 0 spiro atoms. The number of H-pyrrole nitrogens is 1. The highest BCUT2D eigenvalue weighted by atomic mass is 16.5. The van der Waals surface area contributed by atoms with E-state index >= 15 is 0 Å². The van der Waals surface area contributed by atoms with Gasteiger partial charge in [0.1, 0.15) is 24.6 Å². The van der Waals surface area contributed by atoms with Gasteiger partial charge in [-0.1, -0.05) is 0 Å². The van der Waals surface area contributed by atoms with Crippen molar-refractivity contribution in [3.05, 3.63) is 26.7 Å². The second-order valence-corrected chi connectivity index (χ2v) is 7.49. The summed E-state index contributed by atoms with van der Waals surface area (Å²) in [4.78, 5) is 59.0. The van der Waals surface area contributed by atoms with Crippen molar-refractivity contribution in [2.24, 2.45) is 14.1 Å². The predicted octanol–water partition coefficient (Wildman–Crippen LogP) is -1.23. The van der Waals surface area contributed by atoms with E-state index in [1.807, 2.05) is 0 Å². The molecule has 1 N–H and O–H groups in total. The summed E-state index contributed by atoms with van der Waals surface area (Å²) < 4.78 is 7.60. The molecule has 2 aromatic heterocycles. The van der Waals surface area contributed by atoms with Crippen molar-refractivity contribution in [2.45, 2.75) is 18.8 Å². The topological polar surface area (TPSA) is 123 Å². The van der Waals surface area contributed by atoms with Gasteiger partial charge < -0.3 is 19.5 Å². The third-order valence-corrected chi connectivity index (χ3v) is 5.22. The molecule has 0 saturated carbocycles. The number of likely N-dealkylation sites (tertiary alicyclic amines) is 1. The first-order valence-electron chi connectivity index (χ1n) is 9.42. The quantitative estimate of drug-likeness (QED) is 0.664. The lowest BCUT2D eigenvalue weighted by Gasteiger charge is -2.31. The van der Waals surface area contributed by atoms with Crippen molar-refractivity contribution in [1.82, 2.24) is 28.9 Å². The van der Waals surface area contributed by atoms with Crippen LogP contribution in [0.2, 0.25) is 0 Å². The second kappa shape index (κ2) is 8.19. The molecule has 2 aromatic rings. The Morgan fingerprint density at radius 3 is 2.62 bits per heavy atom. The van der Waals surface area contributed by atoms with E-state index < -0.39 is 11.2 Å². The van der Waals surface area contributed by atoms with E-state index in [1.54, 1.807) is 26.0 Å². The first-order valence-corrected chi connectivity index (χ1v) is 9.42. The maximum absolute atomic E-state index is 12.4. The molecular formula is C18H26N6O5. The largest absolute Gasteiger partial charge is 0.362 e. The van der Waals surface area contributed by atoms with Gasteiger partial charge in [0.2, 0.25) is 11.8 Å². The molecule has 11 nitrogen and oxygen atoms in total. The maximum atomic E-state index is 12.4. The number of nitrogens with zero attached hydrogens (tertiary/aromatic N) is 5. The fourth-order valence-electron chi connectivity index (χ4n) is 3.41. The zero-order chi connectivity index (χ0) is 21.3. The van der Waals surface area contributed by atoms with Gasteiger partial charge in [-0.15, -0.1) is 0 Å². The number of carbonyl (C=O) groups is 2. The Balaban J connectivity index is 1.72. The number of carbonyl (C=O) groups excluding carboxylic acids is 2. The van der Waals surface area contributed by atoms with Crippen LogP contribution in [0.15, 0.2) is 9.59 Å². The normalized spacial score (nSPS) is 17.0. The molecular weight excluding hydrogens is 380 g/mol. The Labute approximate surface area is 166 Å². The number of rotatable bonds is 5. The van der Waals surface area contributed by atoms with Gasteiger partial charge in [0.05, 0.1) is 0 Å². The van der Waals surface area contributed by atoms with Crippen LogP contribution in [0.3, 0.4) is 0 Å². The van der Waals surface area contributed by atoms with Crippen molar-refractivity contribution < 1.29 is 14.3 Å². The second-order valence-electron chi connectivity index (χ2n) is 7.49. The van der Waals surface area contributed by atoms with Gasteiger partial charge >= 0.3 is 5.69 Å². The Hall–Kier alpha value is -2.95. The van der Waals surface area contributed by atoms with E-state index in [0.29, 0.717) is 24.6 Å². The number of aryl methyl sites for hydroxylation is 1. The van der Waals surface area contributed by atoms with Gasteiger partial charge in [-0.05, 0) is 12.8 Å². The molecule has 0 aromatic carbocycles. The number of aromatic amines is 1. The molecule has 1 unspecified atom stereocenters. The Bertz CT molecular complexity index is 1050. The van der Waals surface area contributed by atoms with Crippen LogP contribution in [-0.4, -0.2) is 81.1 Å². The number of fused-ring (bicyclic) bond motifs is 1. The van der Waals surface area contributed by atoms with Crippen molar-refractivity contribution in [3.63, 3.8) is 0 Å². The van der Waals surface area contributed by atoms with Crippen LogP contribution in [-0.2, 0) is 28.4 Å². The fraction of sp³-hybridized carbons (Fsp3) is 0.611. The highest BCUT2D eigenvalue weighted by molar-refractivity contribution is 5.79. The lowest BCUT2D eigenvalue weighted by molar-refractivity contribution is -0.141. The van der Waals surface area contributed by atoms with E-state index in [-0.39, 0.29) is 36.5 Å². The number of nitrogens with one attached hydrogen (secondary N) is 1.